The van der Waals surface area contributed by atoms with Gasteiger partial charge in [-0.25, -0.2) is 0 Å². The van der Waals surface area contributed by atoms with Gasteiger partial charge in [0.2, 0.25) is 11.7 Å². The number of thiophene rings is 1. The summed E-state index contributed by atoms with van der Waals surface area (Å²) in [5, 5.41) is 12.6. The largest absolute Gasteiger partial charge is 0.338 e. The molecular weight excluding hydrogens is 322 g/mol. The highest BCUT2D eigenvalue weighted by Gasteiger charge is 2.25. The van der Waals surface area contributed by atoms with Crippen molar-refractivity contribution in [3.05, 3.63) is 40.7 Å². The number of piperidine rings is 1. The maximum atomic E-state index is 5.47. The van der Waals surface area contributed by atoms with E-state index in [9.17, 15) is 0 Å². The molecule has 0 saturated carbocycles. The number of aryl methyl sites for hydroxylation is 1. The first-order chi connectivity index (χ1) is 11.8. The fraction of sp³-hybridized carbons (Fsp3) is 0.471. The van der Waals surface area contributed by atoms with Crippen LogP contribution in [0.5, 0.6) is 0 Å². The molecule has 126 valence electrons. The molecule has 0 amide bonds. The van der Waals surface area contributed by atoms with Crippen LogP contribution in [0.1, 0.15) is 30.7 Å². The van der Waals surface area contributed by atoms with E-state index in [0.29, 0.717) is 24.3 Å². The third-order valence-corrected chi connectivity index (χ3v) is 5.18. The second-order valence-corrected chi connectivity index (χ2v) is 7.16. The molecule has 0 aromatic carbocycles. The lowest BCUT2D eigenvalue weighted by Gasteiger charge is -2.34. The smallest absolute Gasteiger partial charge is 0.241 e. The van der Waals surface area contributed by atoms with Gasteiger partial charge in [-0.2, -0.15) is 21.4 Å². The molecular formula is C17H21N5OS. The van der Waals surface area contributed by atoms with Gasteiger partial charge in [-0.15, -0.1) is 0 Å². The molecule has 1 unspecified atom stereocenters. The van der Waals surface area contributed by atoms with Gasteiger partial charge < -0.3 is 4.52 Å². The summed E-state index contributed by atoms with van der Waals surface area (Å²) in [5.74, 6) is 1.38. The van der Waals surface area contributed by atoms with Crippen molar-refractivity contribution in [1.29, 1.82) is 0 Å². The molecule has 1 saturated heterocycles. The second-order valence-electron chi connectivity index (χ2n) is 6.38. The van der Waals surface area contributed by atoms with Gasteiger partial charge in [0.1, 0.15) is 0 Å². The summed E-state index contributed by atoms with van der Waals surface area (Å²) in [4.78, 5) is 7.01. The van der Waals surface area contributed by atoms with E-state index in [1.807, 2.05) is 27.7 Å². The molecule has 3 aromatic heterocycles. The number of likely N-dealkylation sites (tertiary alicyclic amines) is 1. The predicted molar refractivity (Wildman–Crippen MR) is 92.6 cm³/mol. The van der Waals surface area contributed by atoms with Crippen molar-refractivity contribution in [3.8, 4) is 11.4 Å². The zero-order valence-electron chi connectivity index (χ0n) is 13.8. The van der Waals surface area contributed by atoms with Crippen LogP contribution in [-0.2, 0) is 13.1 Å². The summed E-state index contributed by atoms with van der Waals surface area (Å²) in [6.07, 6.45) is 7.70. The monoisotopic (exact) mass is 343 g/mol. The molecule has 1 aliphatic heterocycles. The number of hydrogen-bond donors (Lipinski definition) is 0. The molecule has 1 fully saturated rings. The molecule has 4 rings (SSSR count). The summed E-state index contributed by atoms with van der Waals surface area (Å²) in [6, 6.07) is 2.48. The van der Waals surface area contributed by atoms with Crippen molar-refractivity contribution < 1.29 is 4.52 Å². The third-order valence-electron chi connectivity index (χ3n) is 4.50. The summed E-state index contributed by atoms with van der Waals surface area (Å²) in [5.41, 5.74) is 2.23. The van der Waals surface area contributed by atoms with E-state index >= 15 is 0 Å². The minimum Gasteiger partial charge on any atom is -0.338 e. The third kappa shape index (κ3) is 3.42. The standard InChI is InChI=1S/C17H21N5OS/c1-13-8-18-22(9-13)10-15-4-2-3-6-21(15)11-16-19-17(20-23-16)14-5-7-24-12-14/h5,7-9,12,15H,2-4,6,10-11H2,1H3. The molecule has 24 heavy (non-hydrogen) atoms. The first kappa shape index (κ1) is 15.5. The summed E-state index contributed by atoms with van der Waals surface area (Å²) in [7, 11) is 0. The van der Waals surface area contributed by atoms with Gasteiger partial charge in [-0.1, -0.05) is 11.6 Å². The molecule has 0 aliphatic carbocycles. The average molecular weight is 343 g/mol. The highest BCUT2D eigenvalue weighted by atomic mass is 32.1. The lowest BCUT2D eigenvalue weighted by molar-refractivity contribution is 0.108. The van der Waals surface area contributed by atoms with Gasteiger partial charge in [-0.05, 0) is 43.3 Å². The van der Waals surface area contributed by atoms with Crippen molar-refractivity contribution in [2.24, 2.45) is 0 Å². The van der Waals surface area contributed by atoms with E-state index in [1.54, 1.807) is 11.3 Å². The Morgan fingerprint density at radius 2 is 2.33 bits per heavy atom. The fourth-order valence-electron chi connectivity index (χ4n) is 3.26. The van der Waals surface area contributed by atoms with Crippen LogP contribution in [0, 0.1) is 6.92 Å². The minimum atomic E-state index is 0.467. The van der Waals surface area contributed by atoms with Crippen molar-refractivity contribution in [3.63, 3.8) is 0 Å². The molecule has 0 bridgehead atoms. The van der Waals surface area contributed by atoms with Crippen molar-refractivity contribution in [2.45, 2.75) is 45.3 Å². The molecule has 7 heteroatoms. The Kier molecular flexibility index (Phi) is 4.44. The normalized spacial score (nSPS) is 19.0. The lowest BCUT2D eigenvalue weighted by Crippen LogP contribution is -2.41. The van der Waals surface area contributed by atoms with Gasteiger partial charge in [0, 0.05) is 23.2 Å². The van der Waals surface area contributed by atoms with Crippen LogP contribution in [0.3, 0.4) is 0 Å². The molecule has 0 N–H and O–H groups in total. The first-order valence-corrected chi connectivity index (χ1v) is 9.30. The van der Waals surface area contributed by atoms with E-state index in [1.165, 1.54) is 24.8 Å². The Labute approximate surface area is 145 Å². The number of aromatic nitrogens is 4. The lowest BCUT2D eigenvalue weighted by atomic mass is 10.0. The molecule has 4 heterocycles. The quantitative estimate of drug-likeness (QED) is 0.711. The van der Waals surface area contributed by atoms with E-state index < -0.39 is 0 Å². The summed E-state index contributed by atoms with van der Waals surface area (Å²) in [6.45, 7) is 4.77. The van der Waals surface area contributed by atoms with Crippen LogP contribution in [0.2, 0.25) is 0 Å². The summed E-state index contributed by atoms with van der Waals surface area (Å²) < 4.78 is 7.52. The Balaban J connectivity index is 1.45. The van der Waals surface area contributed by atoms with Crippen molar-refractivity contribution in [2.75, 3.05) is 6.54 Å². The second kappa shape index (κ2) is 6.86. The fourth-order valence-corrected chi connectivity index (χ4v) is 3.89. The Morgan fingerprint density at radius 3 is 3.12 bits per heavy atom. The van der Waals surface area contributed by atoms with E-state index in [-0.39, 0.29) is 0 Å². The van der Waals surface area contributed by atoms with Crippen LogP contribution in [-0.4, -0.2) is 37.4 Å². The van der Waals surface area contributed by atoms with Gasteiger partial charge in [0.15, 0.2) is 0 Å². The Bertz CT molecular complexity index is 779. The van der Waals surface area contributed by atoms with Crippen LogP contribution < -0.4 is 0 Å². The van der Waals surface area contributed by atoms with Gasteiger partial charge in [0.25, 0.3) is 0 Å². The number of hydrogen-bond acceptors (Lipinski definition) is 6. The molecule has 3 aromatic rings. The molecule has 6 nitrogen and oxygen atoms in total. The topological polar surface area (TPSA) is 60.0 Å². The van der Waals surface area contributed by atoms with Crippen LogP contribution in [0.15, 0.2) is 33.7 Å². The van der Waals surface area contributed by atoms with E-state index in [4.69, 9.17) is 4.52 Å². The minimum absolute atomic E-state index is 0.467. The summed E-state index contributed by atoms with van der Waals surface area (Å²) >= 11 is 1.64. The first-order valence-electron chi connectivity index (χ1n) is 8.36. The Morgan fingerprint density at radius 1 is 1.38 bits per heavy atom. The van der Waals surface area contributed by atoms with Crippen molar-refractivity contribution in [1.82, 2.24) is 24.8 Å². The SMILES string of the molecule is Cc1cnn(CC2CCCCN2Cc2nc(-c3ccsc3)no2)c1. The van der Waals surface area contributed by atoms with Crippen molar-refractivity contribution >= 4 is 11.3 Å². The van der Waals surface area contributed by atoms with Crippen LogP contribution in [0.4, 0.5) is 0 Å². The zero-order valence-corrected chi connectivity index (χ0v) is 14.6. The molecule has 1 atom stereocenters. The molecule has 0 spiro atoms. The number of nitrogens with zero attached hydrogens (tertiary/aromatic N) is 5. The van der Waals surface area contributed by atoms with Gasteiger partial charge in [-0.3, -0.25) is 9.58 Å². The van der Waals surface area contributed by atoms with Crippen LogP contribution in [0.25, 0.3) is 11.4 Å². The highest BCUT2D eigenvalue weighted by Crippen LogP contribution is 2.23. The highest BCUT2D eigenvalue weighted by molar-refractivity contribution is 7.08. The maximum absolute atomic E-state index is 5.47. The van der Waals surface area contributed by atoms with E-state index in [2.05, 4.69) is 33.3 Å². The van der Waals surface area contributed by atoms with Crippen LogP contribution >= 0.6 is 11.3 Å². The number of rotatable bonds is 5. The van der Waals surface area contributed by atoms with Gasteiger partial charge in [0.05, 0.1) is 19.3 Å². The molecule has 0 radical (unpaired) electrons. The maximum Gasteiger partial charge on any atom is 0.241 e. The average Bonchev–Trinajstić information content (AvgIpc) is 3.31. The Hall–Kier alpha value is -1.99. The van der Waals surface area contributed by atoms with E-state index in [0.717, 1.165) is 18.7 Å². The van der Waals surface area contributed by atoms with Gasteiger partial charge >= 0.3 is 0 Å². The zero-order chi connectivity index (χ0) is 16.4. The molecule has 1 aliphatic rings. The predicted octanol–water partition coefficient (Wildman–Crippen LogP) is 3.36.